The molecule has 1 fully saturated rings. The van der Waals surface area contributed by atoms with Gasteiger partial charge in [-0.3, -0.25) is 14.3 Å². The van der Waals surface area contributed by atoms with Crippen molar-refractivity contribution in [1.82, 2.24) is 14.7 Å². The summed E-state index contributed by atoms with van der Waals surface area (Å²) in [5.74, 6) is -0.456. The normalized spacial score (nSPS) is 18.7. The molecule has 2 heterocycles. The summed E-state index contributed by atoms with van der Waals surface area (Å²) in [5, 5.41) is 13.3. The van der Waals surface area contributed by atoms with Crippen molar-refractivity contribution in [2.75, 3.05) is 13.1 Å². The van der Waals surface area contributed by atoms with Crippen LogP contribution < -0.4 is 0 Å². The molecule has 1 aliphatic rings. The molecule has 1 saturated heterocycles. The van der Waals surface area contributed by atoms with Crippen LogP contribution in [0, 0.1) is 5.92 Å². The smallest absolute Gasteiger partial charge is 0.303 e. The molecule has 0 radical (unpaired) electrons. The van der Waals surface area contributed by atoms with Gasteiger partial charge in [-0.2, -0.15) is 5.10 Å². The fourth-order valence-corrected chi connectivity index (χ4v) is 3.45. The van der Waals surface area contributed by atoms with Crippen LogP contribution in [0.4, 0.5) is 0 Å². The van der Waals surface area contributed by atoms with E-state index in [1.807, 2.05) is 16.5 Å². The molecule has 0 aliphatic carbocycles. The Balaban J connectivity index is 2.13. The predicted molar refractivity (Wildman–Crippen MR) is 92.1 cm³/mol. The van der Waals surface area contributed by atoms with Gasteiger partial charge in [0.1, 0.15) is 0 Å². The van der Waals surface area contributed by atoms with Crippen LogP contribution >= 0.6 is 0 Å². The molecule has 0 spiro atoms. The zero-order valence-electron chi connectivity index (χ0n) is 15.2. The van der Waals surface area contributed by atoms with Crippen molar-refractivity contribution < 1.29 is 14.7 Å². The van der Waals surface area contributed by atoms with Gasteiger partial charge >= 0.3 is 5.97 Å². The molecule has 0 aromatic carbocycles. The van der Waals surface area contributed by atoms with E-state index in [1.165, 1.54) is 0 Å². The average Bonchev–Trinajstić information content (AvgIpc) is 2.96. The van der Waals surface area contributed by atoms with Crippen molar-refractivity contribution in [3.05, 3.63) is 17.5 Å². The highest BCUT2D eigenvalue weighted by Crippen LogP contribution is 2.25. The quantitative estimate of drug-likeness (QED) is 0.898. The molecule has 1 unspecified atom stereocenters. The van der Waals surface area contributed by atoms with E-state index in [-0.39, 0.29) is 23.8 Å². The van der Waals surface area contributed by atoms with Crippen molar-refractivity contribution in [2.45, 2.75) is 65.3 Å². The zero-order chi connectivity index (χ0) is 17.9. The second-order valence-electron chi connectivity index (χ2n) is 7.63. The summed E-state index contributed by atoms with van der Waals surface area (Å²) in [5.41, 5.74) is 1.50. The number of piperidine rings is 1. The van der Waals surface area contributed by atoms with Gasteiger partial charge < -0.3 is 10.0 Å². The SMILES string of the molecule is CCc1c(C(=O)N2CCCC(CCC(=O)O)C2)cnn1C(C)(C)C. The molecule has 6 heteroatoms. The van der Waals surface area contributed by atoms with Gasteiger partial charge in [0.05, 0.1) is 23.0 Å². The van der Waals surface area contributed by atoms with Gasteiger partial charge in [0.25, 0.3) is 5.91 Å². The standard InChI is InChI=1S/C18H29N3O3/c1-5-15-14(11-19-21(15)18(2,3)4)17(24)20-10-6-7-13(12-20)8-9-16(22)23/h11,13H,5-10,12H2,1-4H3,(H,22,23). The largest absolute Gasteiger partial charge is 0.481 e. The number of carboxylic acid groups (broad SMARTS) is 1. The third-order valence-corrected chi connectivity index (χ3v) is 4.64. The van der Waals surface area contributed by atoms with Gasteiger partial charge in [-0.05, 0) is 52.4 Å². The number of nitrogens with zero attached hydrogens (tertiary/aromatic N) is 3. The van der Waals surface area contributed by atoms with E-state index in [9.17, 15) is 9.59 Å². The minimum Gasteiger partial charge on any atom is -0.481 e. The monoisotopic (exact) mass is 335 g/mol. The molecule has 6 nitrogen and oxygen atoms in total. The molecule has 24 heavy (non-hydrogen) atoms. The molecule has 0 saturated carbocycles. The van der Waals surface area contributed by atoms with Crippen molar-refractivity contribution in [1.29, 1.82) is 0 Å². The lowest BCUT2D eigenvalue weighted by molar-refractivity contribution is -0.137. The summed E-state index contributed by atoms with van der Waals surface area (Å²) in [6.07, 6.45) is 5.20. The van der Waals surface area contributed by atoms with Crippen LogP contribution in [0.1, 0.15) is 69.4 Å². The highest BCUT2D eigenvalue weighted by Gasteiger charge is 2.29. The highest BCUT2D eigenvalue weighted by atomic mass is 16.4. The molecule has 1 aliphatic heterocycles. The van der Waals surface area contributed by atoms with Crippen LogP contribution in [0.2, 0.25) is 0 Å². The molecule has 1 atom stereocenters. The number of carbonyl (C=O) groups is 2. The Labute approximate surface area is 143 Å². The van der Waals surface area contributed by atoms with E-state index < -0.39 is 5.97 Å². The molecular weight excluding hydrogens is 306 g/mol. The maximum Gasteiger partial charge on any atom is 0.303 e. The second kappa shape index (κ2) is 7.36. The van der Waals surface area contributed by atoms with Crippen molar-refractivity contribution >= 4 is 11.9 Å². The van der Waals surface area contributed by atoms with Crippen molar-refractivity contribution in [3.63, 3.8) is 0 Å². The summed E-state index contributed by atoms with van der Waals surface area (Å²) in [6.45, 7) is 9.67. The Bertz CT molecular complexity index is 601. The molecule has 1 amide bonds. The number of hydrogen-bond donors (Lipinski definition) is 1. The first-order valence-corrected chi connectivity index (χ1v) is 8.82. The minimum absolute atomic E-state index is 0.0300. The van der Waals surface area contributed by atoms with Crippen LogP contribution in [0.25, 0.3) is 0 Å². The maximum atomic E-state index is 13.0. The van der Waals surface area contributed by atoms with Gasteiger partial charge in [-0.25, -0.2) is 0 Å². The van der Waals surface area contributed by atoms with Crippen LogP contribution in [0.3, 0.4) is 0 Å². The lowest BCUT2D eigenvalue weighted by atomic mass is 9.93. The molecule has 0 bridgehead atoms. The van der Waals surface area contributed by atoms with E-state index in [2.05, 4.69) is 25.9 Å². The lowest BCUT2D eigenvalue weighted by Crippen LogP contribution is -2.40. The average molecular weight is 335 g/mol. The van der Waals surface area contributed by atoms with Gasteiger partial charge in [-0.15, -0.1) is 0 Å². The van der Waals surface area contributed by atoms with E-state index in [1.54, 1.807) is 6.20 Å². The number of hydrogen-bond acceptors (Lipinski definition) is 3. The number of amides is 1. The fraction of sp³-hybridized carbons (Fsp3) is 0.722. The second-order valence-corrected chi connectivity index (χ2v) is 7.63. The highest BCUT2D eigenvalue weighted by molar-refractivity contribution is 5.95. The number of aromatic nitrogens is 2. The Kier molecular flexibility index (Phi) is 5.67. The van der Waals surface area contributed by atoms with Crippen LogP contribution in [0.15, 0.2) is 6.20 Å². The first-order valence-electron chi connectivity index (χ1n) is 8.82. The Morgan fingerprint density at radius 1 is 1.38 bits per heavy atom. The maximum absolute atomic E-state index is 13.0. The fourth-order valence-electron chi connectivity index (χ4n) is 3.45. The van der Waals surface area contributed by atoms with Gasteiger partial charge in [0, 0.05) is 19.5 Å². The summed E-state index contributed by atoms with van der Waals surface area (Å²) in [6, 6.07) is 0. The Hall–Kier alpha value is -1.85. The van der Waals surface area contributed by atoms with Crippen LogP contribution in [-0.4, -0.2) is 44.8 Å². The van der Waals surface area contributed by atoms with Crippen molar-refractivity contribution in [3.8, 4) is 0 Å². The molecule has 2 rings (SSSR count). The number of carboxylic acids is 1. The molecular formula is C18H29N3O3. The third kappa shape index (κ3) is 4.16. The van der Waals surface area contributed by atoms with Crippen LogP contribution in [-0.2, 0) is 16.8 Å². The Morgan fingerprint density at radius 2 is 2.08 bits per heavy atom. The summed E-state index contributed by atoms with van der Waals surface area (Å²) < 4.78 is 1.94. The van der Waals surface area contributed by atoms with E-state index in [0.717, 1.165) is 31.5 Å². The van der Waals surface area contributed by atoms with Crippen molar-refractivity contribution in [2.24, 2.45) is 5.92 Å². The van der Waals surface area contributed by atoms with Gasteiger partial charge in [0.15, 0.2) is 0 Å². The first kappa shape index (κ1) is 18.5. The Morgan fingerprint density at radius 3 is 2.67 bits per heavy atom. The van der Waals surface area contributed by atoms with E-state index >= 15 is 0 Å². The van der Waals surface area contributed by atoms with Gasteiger partial charge in [-0.1, -0.05) is 6.92 Å². The first-order chi connectivity index (χ1) is 11.2. The zero-order valence-corrected chi connectivity index (χ0v) is 15.2. The topological polar surface area (TPSA) is 75.4 Å². The molecule has 1 aromatic heterocycles. The van der Waals surface area contributed by atoms with Crippen LogP contribution in [0.5, 0.6) is 0 Å². The summed E-state index contributed by atoms with van der Waals surface area (Å²) in [7, 11) is 0. The molecule has 134 valence electrons. The summed E-state index contributed by atoms with van der Waals surface area (Å²) in [4.78, 5) is 25.6. The van der Waals surface area contributed by atoms with E-state index in [0.29, 0.717) is 18.5 Å². The summed E-state index contributed by atoms with van der Waals surface area (Å²) >= 11 is 0. The number of aliphatic carboxylic acids is 1. The van der Waals surface area contributed by atoms with Gasteiger partial charge in [0.2, 0.25) is 0 Å². The minimum atomic E-state index is -0.766. The van der Waals surface area contributed by atoms with E-state index in [4.69, 9.17) is 5.11 Å². The number of likely N-dealkylation sites (tertiary alicyclic amines) is 1. The lowest BCUT2D eigenvalue weighted by Gasteiger charge is -2.33. The number of carbonyl (C=O) groups excluding carboxylic acids is 1. The molecule has 1 N–H and O–H groups in total. The number of rotatable bonds is 5. The predicted octanol–water partition coefficient (Wildman–Crippen LogP) is 2.92. The third-order valence-electron chi connectivity index (χ3n) is 4.64. The molecule has 1 aromatic rings.